The number of aliphatic carboxylic acids is 1. The Hall–Kier alpha value is -1.91. The second-order valence-electron chi connectivity index (χ2n) is 3.68. The molecule has 0 radical (unpaired) electrons. The summed E-state index contributed by atoms with van der Waals surface area (Å²) in [7, 11) is 0. The van der Waals surface area contributed by atoms with Crippen LogP contribution >= 0.6 is 11.6 Å². The van der Waals surface area contributed by atoms with E-state index < -0.39 is 5.97 Å². The molecule has 0 unspecified atom stereocenters. The Morgan fingerprint density at radius 2 is 1.84 bits per heavy atom. The van der Waals surface area contributed by atoms with Crippen LogP contribution in [0.4, 0.5) is 0 Å². The maximum atomic E-state index is 9.15. The Kier molecular flexibility index (Phi) is 5.99. The predicted molar refractivity (Wildman–Crippen MR) is 73.9 cm³/mol. The fraction of sp³-hybridized carbons (Fsp3) is 0.143. The van der Waals surface area contributed by atoms with E-state index in [1.165, 1.54) is 0 Å². The molecule has 1 aromatic carbocycles. The van der Waals surface area contributed by atoms with Crippen molar-refractivity contribution >= 4 is 17.6 Å². The van der Waals surface area contributed by atoms with Crippen molar-refractivity contribution in [2.45, 2.75) is 13.5 Å². The highest BCUT2D eigenvalue weighted by atomic mass is 35.5. The Bertz CT molecular complexity index is 537. The van der Waals surface area contributed by atoms with Gasteiger partial charge >= 0.3 is 0 Å². The van der Waals surface area contributed by atoms with E-state index in [1.807, 2.05) is 36.4 Å². The number of aliphatic hydroxyl groups excluding tert-OH is 1. The van der Waals surface area contributed by atoms with Crippen LogP contribution in [-0.2, 0) is 11.4 Å². The summed E-state index contributed by atoms with van der Waals surface area (Å²) in [6.07, 6.45) is 1.67. The fourth-order valence-corrected chi connectivity index (χ4v) is 1.58. The molecule has 5 heteroatoms. The molecule has 2 aromatic rings. The summed E-state index contributed by atoms with van der Waals surface area (Å²) in [5.41, 5.74) is 2.63. The standard InChI is InChI=1S/C12H10ClNO.C2H4O2/c13-10-5-3-9(4-6-10)11-2-1-7-14-12(11)8-15;1-2(3)4/h1-7,15H,8H2;1H3,(H,3,4). The molecular formula is C14H14ClNO3. The zero-order valence-electron chi connectivity index (χ0n) is 10.4. The lowest BCUT2D eigenvalue weighted by atomic mass is 10.0. The lowest BCUT2D eigenvalue weighted by Gasteiger charge is -2.05. The lowest BCUT2D eigenvalue weighted by molar-refractivity contribution is -0.134. The van der Waals surface area contributed by atoms with Crippen LogP contribution < -0.4 is 0 Å². The molecule has 19 heavy (non-hydrogen) atoms. The minimum atomic E-state index is -0.833. The van der Waals surface area contributed by atoms with Crippen LogP contribution in [0.2, 0.25) is 5.02 Å². The van der Waals surface area contributed by atoms with E-state index in [4.69, 9.17) is 26.6 Å². The molecule has 0 saturated carbocycles. The van der Waals surface area contributed by atoms with Gasteiger partial charge in [0, 0.05) is 23.7 Å². The van der Waals surface area contributed by atoms with Crippen LogP contribution in [0.25, 0.3) is 11.1 Å². The predicted octanol–water partition coefficient (Wildman–Crippen LogP) is 2.99. The molecule has 0 aliphatic rings. The largest absolute Gasteiger partial charge is 0.481 e. The summed E-state index contributed by atoms with van der Waals surface area (Å²) in [5, 5.41) is 17.3. The third-order valence-corrected chi connectivity index (χ3v) is 2.45. The second-order valence-corrected chi connectivity index (χ2v) is 4.12. The number of rotatable bonds is 2. The van der Waals surface area contributed by atoms with Crippen LogP contribution in [0.3, 0.4) is 0 Å². The maximum absolute atomic E-state index is 9.15. The van der Waals surface area contributed by atoms with Gasteiger partial charge in [-0.05, 0) is 23.8 Å². The molecule has 100 valence electrons. The van der Waals surface area contributed by atoms with Gasteiger partial charge in [-0.25, -0.2) is 0 Å². The lowest BCUT2D eigenvalue weighted by Crippen LogP contribution is -1.92. The third kappa shape index (κ3) is 5.07. The first-order valence-electron chi connectivity index (χ1n) is 5.55. The van der Waals surface area contributed by atoms with E-state index in [-0.39, 0.29) is 6.61 Å². The van der Waals surface area contributed by atoms with E-state index in [2.05, 4.69) is 4.98 Å². The number of carbonyl (C=O) groups is 1. The number of halogens is 1. The van der Waals surface area contributed by atoms with Crippen LogP contribution in [-0.4, -0.2) is 21.2 Å². The van der Waals surface area contributed by atoms with Crippen LogP contribution in [0.1, 0.15) is 12.6 Å². The smallest absolute Gasteiger partial charge is 0.300 e. The monoisotopic (exact) mass is 279 g/mol. The topological polar surface area (TPSA) is 70.4 Å². The summed E-state index contributed by atoms with van der Waals surface area (Å²) in [5.74, 6) is -0.833. The van der Waals surface area contributed by atoms with E-state index in [9.17, 15) is 0 Å². The molecule has 4 nitrogen and oxygen atoms in total. The summed E-state index contributed by atoms with van der Waals surface area (Å²) in [4.78, 5) is 13.1. The van der Waals surface area contributed by atoms with Crippen molar-refractivity contribution in [3.05, 3.63) is 53.3 Å². The molecule has 1 aromatic heterocycles. The van der Waals surface area contributed by atoms with Crippen molar-refractivity contribution in [1.29, 1.82) is 0 Å². The Labute approximate surface area is 116 Å². The minimum absolute atomic E-state index is 0.0567. The van der Waals surface area contributed by atoms with Gasteiger partial charge < -0.3 is 10.2 Å². The van der Waals surface area contributed by atoms with Gasteiger partial charge in [0.25, 0.3) is 5.97 Å². The number of hydrogen-bond acceptors (Lipinski definition) is 3. The molecular weight excluding hydrogens is 266 g/mol. The number of hydrogen-bond donors (Lipinski definition) is 2. The molecule has 0 aliphatic heterocycles. The molecule has 2 rings (SSSR count). The van der Waals surface area contributed by atoms with Crippen molar-refractivity contribution in [1.82, 2.24) is 4.98 Å². The molecule has 0 saturated heterocycles. The first-order chi connectivity index (χ1) is 9.04. The first-order valence-corrected chi connectivity index (χ1v) is 5.92. The van der Waals surface area contributed by atoms with E-state index in [0.717, 1.165) is 18.1 Å². The molecule has 1 heterocycles. The van der Waals surface area contributed by atoms with Gasteiger partial charge in [0.05, 0.1) is 12.3 Å². The SMILES string of the molecule is CC(=O)O.OCc1ncccc1-c1ccc(Cl)cc1. The molecule has 0 aliphatic carbocycles. The highest BCUT2D eigenvalue weighted by molar-refractivity contribution is 6.30. The number of aromatic nitrogens is 1. The molecule has 0 amide bonds. The van der Waals surface area contributed by atoms with E-state index >= 15 is 0 Å². The number of benzene rings is 1. The van der Waals surface area contributed by atoms with Crippen molar-refractivity contribution in [2.75, 3.05) is 0 Å². The van der Waals surface area contributed by atoms with Gasteiger partial charge in [0.15, 0.2) is 0 Å². The van der Waals surface area contributed by atoms with Crippen LogP contribution in [0, 0.1) is 0 Å². The van der Waals surface area contributed by atoms with Crippen molar-refractivity contribution < 1.29 is 15.0 Å². The van der Waals surface area contributed by atoms with Crippen molar-refractivity contribution in [3.8, 4) is 11.1 Å². The molecule has 0 fully saturated rings. The zero-order valence-corrected chi connectivity index (χ0v) is 11.1. The number of aliphatic hydroxyl groups is 1. The summed E-state index contributed by atoms with van der Waals surface area (Å²) >= 11 is 5.81. The third-order valence-electron chi connectivity index (χ3n) is 2.20. The number of pyridine rings is 1. The molecule has 0 spiro atoms. The summed E-state index contributed by atoms with van der Waals surface area (Å²) < 4.78 is 0. The summed E-state index contributed by atoms with van der Waals surface area (Å²) in [6, 6.07) is 11.3. The average molecular weight is 280 g/mol. The zero-order chi connectivity index (χ0) is 14.3. The molecule has 2 N–H and O–H groups in total. The Balaban J connectivity index is 0.000000399. The molecule has 0 bridgehead atoms. The number of nitrogens with zero attached hydrogens (tertiary/aromatic N) is 1. The Morgan fingerprint density at radius 1 is 1.26 bits per heavy atom. The number of carboxylic acid groups (broad SMARTS) is 1. The van der Waals surface area contributed by atoms with Gasteiger partial charge in [0.1, 0.15) is 0 Å². The van der Waals surface area contributed by atoms with Gasteiger partial charge in [-0.3, -0.25) is 9.78 Å². The minimum Gasteiger partial charge on any atom is -0.481 e. The van der Waals surface area contributed by atoms with Gasteiger partial charge in [-0.1, -0.05) is 29.8 Å². The van der Waals surface area contributed by atoms with Crippen molar-refractivity contribution in [3.63, 3.8) is 0 Å². The van der Waals surface area contributed by atoms with E-state index in [1.54, 1.807) is 6.20 Å². The van der Waals surface area contributed by atoms with Gasteiger partial charge in [0.2, 0.25) is 0 Å². The molecule has 0 atom stereocenters. The normalized spacial score (nSPS) is 9.42. The van der Waals surface area contributed by atoms with Crippen LogP contribution in [0.15, 0.2) is 42.6 Å². The highest BCUT2D eigenvalue weighted by Gasteiger charge is 2.04. The fourth-order valence-electron chi connectivity index (χ4n) is 1.46. The Morgan fingerprint density at radius 3 is 2.37 bits per heavy atom. The van der Waals surface area contributed by atoms with Gasteiger partial charge in [-0.15, -0.1) is 0 Å². The average Bonchev–Trinajstić information content (AvgIpc) is 2.39. The quantitative estimate of drug-likeness (QED) is 0.886. The van der Waals surface area contributed by atoms with Gasteiger partial charge in [-0.2, -0.15) is 0 Å². The summed E-state index contributed by atoms with van der Waals surface area (Å²) in [6.45, 7) is 1.03. The van der Waals surface area contributed by atoms with Crippen molar-refractivity contribution in [2.24, 2.45) is 0 Å². The van der Waals surface area contributed by atoms with E-state index in [0.29, 0.717) is 10.7 Å². The first kappa shape index (κ1) is 15.1. The highest BCUT2D eigenvalue weighted by Crippen LogP contribution is 2.23. The second kappa shape index (κ2) is 7.51. The maximum Gasteiger partial charge on any atom is 0.300 e. The number of carboxylic acids is 1. The van der Waals surface area contributed by atoms with Crippen LogP contribution in [0.5, 0.6) is 0 Å².